The highest BCUT2D eigenvalue weighted by Gasteiger charge is 2.15. The number of benzene rings is 1. The number of hydrogen-bond donors (Lipinski definition) is 3. The van der Waals surface area contributed by atoms with Crippen molar-refractivity contribution in [3.8, 4) is 11.8 Å². The Hall–Kier alpha value is -2.42. The lowest BCUT2D eigenvalue weighted by molar-refractivity contribution is 0.0535. The van der Waals surface area contributed by atoms with Gasteiger partial charge < -0.3 is 21.5 Å². The third-order valence-electron chi connectivity index (χ3n) is 2.12. The van der Waals surface area contributed by atoms with Gasteiger partial charge in [0.15, 0.2) is 0 Å². The minimum atomic E-state index is -0.571. The van der Waals surface area contributed by atoms with Crippen molar-refractivity contribution in [3.05, 3.63) is 23.5 Å². The fourth-order valence-corrected chi connectivity index (χ4v) is 1.31. The van der Waals surface area contributed by atoms with Crippen molar-refractivity contribution in [2.24, 2.45) is 0 Å². The van der Waals surface area contributed by atoms with Crippen LogP contribution >= 0.6 is 0 Å². The molecule has 5 N–H and O–H groups in total. The Morgan fingerprint density at radius 3 is 2.65 bits per heavy atom. The molecule has 1 rings (SSSR count). The lowest BCUT2D eigenvalue weighted by Gasteiger charge is -2.19. The van der Waals surface area contributed by atoms with Crippen LogP contribution < -0.4 is 16.8 Å². The number of carbonyl (C=O) groups is 1. The highest BCUT2D eigenvalue weighted by molar-refractivity contribution is 5.72. The maximum atomic E-state index is 13.1. The second kappa shape index (κ2) is 6.15. The third-order valence-corrected chi connectivity index (χ3v) is 2.12. The second-order valence-corrected chi connectivity index (χ2v) is 5.11. The number of nitrogens with two attached hydrogens (primary N) is 2. The molecule has 0 unspecified atom stereocenters. The second-order valence-electron chi connectivity index (χ2n) is 5.11. The molecule has 1 amide bonds. The number of anilines is 2. The standard InChI is InChI=1S/C14H18FN3O2/c1-14(2,3)20-13(19)18-6-4-5-9-7-10(15)8-11(16)12(9)17/h7-8H,6,16-17H2,1-3H3,(H,18,19). The molecule has 0 aliphatic heterocycles. The summed E-state index contributed by atoms with van der Waals surface area (Å²) in [5.74, 6) is 4.78. The van der Waals surface area contributed by atoms with Crippen LogP contribution in [-0.4, -0.2) is 18.2 Å². The van der Waals surface area contributed by atoms with Gasteiger partial charge in [0.05, 0.1) is 23.5 Å². The Morgan fingerprint density at radius 1 is 1.40 bits per heavy atom. The van der Waals surface area contributed by atoms with E-state index in [1.165, 1.54) is 6.07 Å². The van der Waals surface area contributed by atoms with Crippen molar-refractivity contribution in [2.75, 3.05) is 18.0 Å². The lowest BCUT2D eigenvalue weighted by Crippen LogP contribution is -2.32. The summed E-state index contributed by atoms with van der Waals surface area (Å²) in [6, 6.07) is 2.31. The largest absolute Gasteiger partial charge is 0.444 e. The number of carbonyl (C=O) groups excluding carboxylic acids is 1. The van der Waals surface area contributed by atoms with Gasteiger partial charge in [0.2, 0.25) is 0 Å². The van der Waals surface area contributed by atoms with Gasteiger partial charge in [0.1, 0.15) is 11.4 Å². The van der Waals surface area contributed by atoms with Crippen LogP contribution in [0.1, 0.15) is 26.3 Å². The van der Waals surface area contributed by atoms with Crippen LogP contribution in [-0.2, 0) is 4.74 Å². The zero-order valence-electron chi connectivity index (χ0n) is 11.7. The third kappa shape index (κ3) is 5.06. The Kier molecular flexibility index (Phi) is 4.81. The summed E-state index contributed by atoms with van der Waals surface area (Å²) < 4.78 is 18.2. The van der Waals surface area contributed by atoms with Gasteiger partial charge in [0, 0.05) is 0 Å². The number of rotatable bonds is 1. The van der Waals surface area contributed by atoms with E-state index in [9.17, 15) is 9.18 Å². The van der Waals surface area contributed by atoms with Gasteiger partial charge in [-0.15, -0.1) is 0 Å². The molecule has 0 saturated heterocycles. The molecule has 0 aromatic heterocycles. The molecule has 108 valence electrons. The predicted molar refractivity (Wildman–Crippen MR) is 76.3 cm³/mol. The molecule has 0 spiro atoms. The molecule has 0 saturated carbocycles. The number of nitrogens with one attached hydrogen (secondary N) is 1. The van der Waals surface area contributed by atoms with Crippen molar-refractivity contribution in [1.29, 1.82) is 0 Å². The maximum absolute atomic E-state index is 13.1. The summed E-state index contributed by atoms with van der Waals surface area (Å²) in [5.41, 5.74) is 11.3. The van der Waals surface area contributed by atoms with Crippen LogP contribution in [0.2, 0.25) is 0 Å². The fourth-order valence-electron chi connectivity index (χ4n) is 1.31. The molecule has 20 heavy (non-hydrogen) atoms. The summed E-state index contributed by atoms with van der Waals surface area (Å²) in [7, 11) is 0. The minimum Gasteiger partial charge on any atom is -0.444 e. The Balaban J connectivity index is 2.62. The van der Waals surface area contributed by atoms with Crippen molar-refractivity contribution in [2.45, 2.75) is 26.4 Å². The number of alkyl carbamates (subject to hydrolysis) is 1. The van der Waals surface area contributed by atoms with Crippen molar-refractivity contribution in [3.63, 3.8) is 0 Å². The molecule has 0 bridgehead atoms. The van der Waals surface area contributed by atoms with Gasteiger partial charge in [0.25, 0.3) is 0 Å². The number of halogens is 1. The van der Waals surface area contributed by atoms with E-state index in [2.05, 4.69) is 17.2 Å². The Morgan fingerprint density at radius 2 is 2.05 bits per heavy atom. The SMILES string of the molecule is CC(C)(C)OC(=O)NCC#Cc1cc(F)cc(N)c1N. The van der Waals surface area contributed by atoms with Crippen LogP contribution in [0.5, 0.6) is 0 Å². The average Bonchev–Trinajstić information content (AvgIpc) is 2.28. The lowest BCUT2D eigenvalue weighted by atomic mass is 10.1. The fraction of sp³-hybridized carbons (Fsp3) is 0.357. The molecular weight excluding hydrogens is 261 g/mol. The normalized spacial score (nSPS) is 10.4. The molecule has 0 aliphatic rings. The van der Waals surface area contributed by atoms with Crippen molar-refractivity contribution in [1.82, 2.24) is 5.32 Å². The highest BCUT2D eigenvalue weighted by atomic mass is 19.1. The molecule has 0 fully saturated rings. The number of amides is 1. The first-order valence-corrected chi connectivity index (χ1v) is 5.99. The molecule has 0 heterocycles. The average molecular weight is 279 g/mol. The topological polar surface area (TPSA) is 90.4 Å². The van der Waals surface area contributed by atoms with Crippen LogP contribution in [0.3, 0.4) is 0 Å². The van der Waals surface area contributed by atoms with Gasteiger partial charge in [-0.3, -0.25) is 0 Å². The Bertz CT molecular complexity index is 568. The zero-order chi connectivity index (χ0) is 15.3. The molecule has 0 atom stereocenters. The number of ether oxygens (including phenoxy) is 1. The summed E-state index contributed by atoms with van der Waals surface area (Å²) in [6.07, 6.45) is -0.571. The summed E-state index contributed by atoms with van der Waals surface area (Å²) in [5, 5.41) is 2.46. The maximum Gasteiger partial charge on any atom is 0.408 e. The van der Waals surface area contributed by atoms with E-state index in [0.29, 0.717) is 0 Å². The van der Waals surface area contributed by atoms with Crippen LogP contribution in [0, 0.1) is 17.7 Å². The van der Waals surface area contributed by atoms with E-state index >= 15 is 0 Å². The van der Waals surface area contributed by atoms with Gasteiger partial charge in [-0.25, -0.2) is 9.18 Å². The smallest absolute Gasteiger partial charge is 0.408 e. The minimum absolute atomic E-state index is 0.0603. The van der Waals surface area contributed by atoms with Crippen LogP contribution in [0.4, 0.5) is 20.6 Å². The van der Waals surface area contributed by atoms with E-state index in [0.717, 1.165) is 6.07 Å². The van der Waals surface area contributed by atoms with E-state index in [-0.39, 0.29) is 23.5 Å². The van der Waals surface area contributed by atoms with Gasteiger partial charge in [-0.05, 0) is 32.9 Å². The molecule has 0 radical (unpaired) electrons. The first-order chi connectivity index (χ1) is 9.19. The van der Waals surface area contributed by atoms with Crippen LogP contribution in [0.15, 0.2) is 12.1 Å². The first kappa shape index (κ1) is 15.6. The van der Waals surface area contributed by atoms with E-state index < -0.39 is 17.5 Å². The Labute approximate surface area is 117 Å². The molecule has 0 aliphatic carbocycles. The quantitative estimate of drug-likeness (QED) is 0.540. The summed E-state index contributed by atoms with van der Waals surface area (Å²) in [6.45, 7) is 5.34. The van der Waals surface area contributed by atoms with Crippen molar-refractivity contribution < 1.29 is 13.9 Å². The highest BCUT2D eigenvalue weighted by Crippen LogP contribution is 2.20. The zero-order valence-corrected chi connectivity index (χ0v) is 11.7. The first-order valence-electron chi connectivity index (χ1n) is 5.99. The monoisotopic (exact) mass is 279 g/mol. The summed E-state index contributed by atoms with van der Waals surface area (Å²) in [4.78, 5) is 11.3. The van der Waals surface area contributed by atoms with Gasteiger partial charge >= 0.3 is 6.09 Å². The molecule has 1 aromatic carbocycles. The number of hydrogen-bond acceptors (Lipinski definition) is 4. The van der Waals surface area contributed by atoms with E-state index in [4.69, 9.17) is 16.2 Å². The van der Waals surface area contributed by atoms with Gasteiger partial charge in [-0.1, -0.05) is 11.8 Å². The molecule has 5 nitrogen and oxygen atoms in total. The van der Waals surface area contributed by atoms with Gasteiger partial charge in [-0.2, -0.15) is 0 Å². The summed E-state index contributed by atoms with van der Waals surface area (Å²) >= 11 is 0. The predicted octanol–water partition coefficient (Wildman–Crippen LogP) is 1.87. The number of nitrogen functional groups attached to an aromatic ring is 2. The molecule has 6 heteroatoms. The van der Waals surface area contributed by atoms with E-state index in [1.807, 2.05) is 0 Å². The molecular formula is C14H18FN3O2. The van der Waals surface area contributed by atoms with Crippen LogP contribution in [0.25, 0.3) is 0 Å². The van der Waals surface area contributed by atoms with E-state index in [1.54, 1.807) is 20.8 Å². The van der Waals surface area contributed by atoms with Crippen molar-refractivity contribution >= 4 is 17.5 Å². The molecule has 1 aromatic rings.